The molecule has 0 unspecified atom stereocenters. The van der Waals surface area contributed by atoms with Crippen LogP contribution in [0.1, 0.15) is 31.0 Å². The molecule has 0 radical (unpaired) electrons. The van der Waals surface area contributed by atoms with Crippen LogP contribution < -0.4 is 14.8 Å². The van der Waals surface area contributed by atoms with Crippen LogP contribution in [0, 0.1) is 11.3 Å². The fourth-order valence-electron chi connectivity index (χ4n) is 3.74. The highest BCUT2D eigenvalue weighted by atomic mass is 79.9. The second kappa shape index (κ2) is 9.88. The fraction of sp³-hybridized carbons (Fsp3) is 0.292. The molecule has 164 valence electrons. The van der Waals surface area contributed by atoms with Crippen LogP contribution in [0.3, 0.4) is 0 Å². The van der Waals surface area contributed by atoms with Gasteiger partial charge in [-0.15, -0.1) is 0 Å². The molecule has 32 heavy (non-hydrogen) atoms. The first kappa shape index (κ1) is 21.9. The molecule has 1 aliphatic rings. The largest absolute Gasteiger partial charge is 0.490 e. The number of aryl methyl sites for hydroxylation is 1. The van der Waals surface area contributed by atoms with E-state index in [-0.39, 0.29) is 12.5 Å². The summed E-state index contributed by atoms with van der Waals surface area (Å²) in [7, 11) is 0. The minimum Gasteiger partial charge on any atom is -0.490 e. The summed E-state index contributed by atoms with van der Waals surface area (Å²) in [6.45, 7) is 3.05. The van der Waals surface area contributed by atoms with E-state index in [9.17, 15) is 4.79 Å². The predicted octanol–water partition coefficient (Wildman–Crippen LogP) is 4.94. The van der Waals surface area contributed by atoms with Gasteiger partial charge < -0.3 is 19.4 Å². The third kappa shape index (κ3) is 4.78. The van der Waals surface area contributed by atoms with Crippen molar-refractivity contribution in [2.24, 2.45) is 0 Å². The number of rotatable bonds is 7. The van der Waals surface area contributed by atoms with E-state index in [0.29, 0.717) is 33.8 Å². The maximum absolute atomic E-state index is 12.4. The van der Waals surface area contributed by atoms with Crippen LogP contribution in [-0.2, 0) is 17.8 Å². The molecule has 4 rings (SSSR count). The topological polar surface area (TPSA) is 89.2 Å². The molecule has 2 aromatic carbocycles. The molecule has 0 saturated heterocycles. The summed E-state index contributed by atoms with van der Waals surface area (Å²) in [4.78, 5) is 17.0. The number of hydrogen-bond acceptors (Lipinski definition) is 5. The van der Waals surface area contributed by atoms with E-state index in [1.165, 1.54) is 18.5 Å². The molecule has 1 aliphatic heterocycles. The first-order chi connectivity index (χ1) is 15.6. The van der Waals surface area contributed by atoms with Crippen LogP contribution in [0.5, 0.6) is 11.5 Å². The van der Waals surface area contributed by atoms with Gasteiger partial charge in [0, 0.05) is 35.8 Å². The normalized spacial score (nSPS) is 12.5. The van der Waals surface area contributed by atoms with Crippen molar-refractivity contribution in [2.75, 3.05) is 18.5 Å². The molecule has 1 N–H and O–H groups in total. The van der Waals surface area contributed by atoms with E-state index in [1.807, 2.05) is 37.4 Å². The van der Waals surface area contributed by atoms with Crippen molar-refractivity contribution < 1.29 is 14.3 Å². The molecule has 3 aromatic rings. The first-order valence-corrected chi connectivity index (χ1v) is 11.3. The van der Waals surface area contributed by atoms with Crippen molar-refractivity contribution in [3.63, 3.8) is 0 Å². The highest BCUT2D eigenvalue weighted by Gasteiger charge is 2.16. The number of carbonyl (C=O) groups is 1. The van der Waals surface area contributed by atoms with Crippen molar-refractivity contribution >= 4 is 27.5 Å². The molecule has 1 amide bonds. The van der Waals surface area contributed by atoms with Crippen molar-refractivity contribution in [3.05, 3.63) is 58.3 Å². The number of nitrogens with one attached hydrogen (secondary N) is 1. The van der Waals surface area contributed by atoms with Crippen molar-refractivity contribution in [2.45, 2.75) is 32.7 Å². The Balaban J connectivity index is 1.40. The number of nitrogens with zero attached hydrogens (tertiary/aromatic N) is 3. The van der Waals surface area contributed by atoms with E-state index in [4.69, 9.17) is 14.7 Å². The Bertz CT molecular complexity index is 1170. The van der Waals surface area contributed by atoms with Gasteiger partial charge in [0.1, 0.15) is 5.82 Å². The Morgan fingerprint density at radius 3 is 2.81 bits per heavy atom. The van der Waals surface area contributed by atoms with Gasteiger partial charge in [-0.05, 0) is 72.4 Å². The molecular weight excluding hydrogens is 472 g/mol. The lowest BCUT2D eigenvalue weighted by Gasteiger charge is -2.16. The summed E-state index contributed by atoms with van der Waals surface area (Å²) >= 11 is 3.38. The summed E-state index contributed by atoms with van der Waals surface area (Å²) < 4.78 is 14.1. The van der Waals surface area contributed by atoms with Gasteiger partial charge in [0.15, 0.2) is 18.1 Å². The Kier molecular flexibility index (Phi) is 6.76. The molecule has 7 nitrogen and oxygen atoms in total. The summed E-state index contributed by atoms with van der Waals surface area (Å²) in [5.74, 6) is 1.48. The monoisotopic (exact) mass is 494 g/mol. The zero-order valence-corrected chi connectivity index (χ0v) is 19.3. The molecule has 0 atom stereocenters. The maximum atomic E-state index is 12.4. The van der Waals surface area contributed by atoms with Crippen molar-refractivity contribution in [3.8, 4) is 29.0 Å². The average molecular weight is 495 g/mol. The van der Waals surface area contributed by atoms with E-state index < -0.39 is 0 Å². The third-order valence-electron chi connectivity index (χ3n) is 5.22. The second-order valence-corrected chi connectivity index (χ2v) is 8.28. The number of imidazole rings is 1. The minimum atomic E-state index is -0.297. The van der Waals surface area contributed by atoms with Crippen LogP contribution >= 0.6 is 15.9 Å². The molecule has 0 aliphatic carbocycles. The van der Waals surface area contributed by atoms with Gasteiger partial charge in [-0.2, -0.15) is 5.26 Å². The number of hydrogen-bond donors (Lipinski definition) is 1. The highest BCUT2D eigenvalue weighted by molar-refractivity contribution is 9.10. The van der Waals surface area contributed by atoms with Crippen LogP contribution in [0.25, 0.3) is 11.4 Å². The number of amides is 1. The number of anilines is 1. The van der Waals surface area contributed by atoms with Crippen LogP contribution in [0.4, 0.5) is 5.69 Å². The van der Waals surface area contributed by atoms with Crippen LogP contribution in [-0.4, -0.2) is 28.7 Å². The zero-order chi connectivity index (χ0) is 22.5. The summed E-state index contributed by atoms with van der Waals surface area (Å²) in [6.07, 6.45) is 5.41. The molecule has 2 heterocycles. The van der Waals surface area contributed by atoms with Crippen molar-refractivity contribution in [1.82, 2.24) is 9.55 Å². The molecular formula is C24H23BrN4O3. The fourth-order valence-corrected chi connectivity index (χ4v) is 4.30. The standard InChI is InChI=1S/C24H23BrN4O3/c1-2-31-21-12-16(13-26)11-20(25)23(21)32-15-22(30)28-18-8-6-17(7-9-18)24-27-14-19-5-3-4-10-29(19)24/h6-9,11-12,14H,2-5,10,15H2,1H3,(H,28,30). The quantitative estimate of drug-likeness (QED) is 0.502. The van der Waals surface area contributed by atoms with Gasteiger partial charge in [-0.25, -0.2) is 4.98 Å². The Labute approximate surface area is 195 Å². The highest BCUT2D eigenvalue weighted by Crippen LogP contribution is 2.36. The van der Waals surface area contributed by atoms with Gasteiger partial charge in [-0.3, -0.25) is 4.79 Å². The van der Waals surface area contributed by atoms with E-state index in [1.54, 1.807) is 12.1 Å². The van der Waals surface area contributed by atoms with Gasteiger partial charge in [-0.1, -0.05) is 0 Å². The number of ether oxygens (including phenoxy) is 2. The molecule has 0 saturated carbocycles. The lowest BCUT2D eigenvalue weighted by atomic mass is 10.1. The minimum absolute atomic E-state index is 0.194. The average Bonchev–Trinajstić information content (AvgIpc) is 3.23. The number of benzene rings is 2. The number of halogens is 1. The maximum Gasteiger partial charge on any atom is 0.262 e. The third-order valence-corrected chi connectivity index (χ3v) is 5.80. The van der Waals surface area contributed by atoms with E-state index in [2.05, 4.69) is 36.9 Å². The zero-order valence-electron chi connectivity index (χ0n) is 17.7. The first-order valence-electron chi connectivity index (χ1n) is 10.5. The van der Waals surface area contributed by atoms with Gasteiger partial charge in [0.25, 0.3) is 5.91 Å². The molecule has 0 spiro atoms. The van der Waals surface area contributed by atoms with Gasteiger partial charge in [0.05, 0.1) is 22.7 Å². The number of nitriles is 1. The summed E-state index contributed by atoms with van der Waals surface area (Å²) in [5.41, 5.74) is 3.42. The second-order valence-electron chi connectivity index (χ2n) is 7.43. The van der Waals surface area contributed by atoms with Crippen LogP contribution in [0.15, 0.2) is 47.1 Å². The Morgan fingerprint density at radius 1 is 1.25 bits per heavy atom. The van der Waals surface area contributed by atoms with Crippen molar-refractivity contribution in [1.29, 1.82) is 5.26 Å². The van der Waals surface area contributed by atoms with Crippen LogP contribution in [0.2, 0.25) is 0 Å². The Morgan fingerprint density at radius 2 is 2.06 bits per heavy atom. The smallest absolute Gasteiger partial charge is 0.262 e. The van der Waals surface area contributed by atoms with Gasteiger partial charge >= 0.3 is 0 Å². The lowest BCUT2D eigenvalue weighted by molar-refractivity contribution is -0.118. The SMILES string of the molecule is CCOc1cc(C#N)cc(Br)c1OCC(=O)Nc1ccc(-c2ncc3n2CCCC3)cc1. The lowest BCUT2D eigenvalue weighted by Crippen LogP contribution is -2.20. The Hall–Kier alpha value is -3.31. The van der Waals surface area contributed by atoms with E-state index >= 15 is 0 Å². The van der Waals surface area contributed by atoms with Gasteiger partial charge in [0.2, 0.25) is 0 Å². The molecule has 8 heteroatoms. The summed E-state index contributed by atoms with van der Waals surface area (Å²) in [5, 5.41) is 12.0. The molecule has 0 fully saturated rings. The molecule has 0 bridgehead atoms. The number of carbonyl (C=O) groups excluding carboxylic acids is 1. The number of aromatic nitrogens is 2. The summed E-state index contributed by atoms with van der Waals surface area (Å²) in [6, 6.07) is 12.9. The number of fused-ring (bicyclic) bond motifs is 1. The van der Waals surface area contributed by atoms with E-state index in [0.717, 1.165) is 24.4 Å². The molecule has 1 aromatic heterocycles. The predicted molar refractivity (Wildman–Crippen MR) is 125 cm³/mol.